The lowest BCUT2D eigenvalue weighted by molar-refractivity contribution is -0.148. The Bertz CT molecular complexity index is 755. The Hall–Kier alpha value is -1.93. The molecule has 1 aromatic rings. The standard InChI is InChI=1S/C18H26N2O5S/c1-13-7-8-14(2)16(11-13)26(23,24)19-10-9-18(22)25-12-17(21)20-15-5-3-4-6-15/h7-8,11,15,19H,3-6,9-10,12H2,1-2H3,(H,20,21). The van der Waals surface area contributed by atoms with Gasteiger partial charge in [-0.3, -0.25) is 9.59 Å². The third-order valence-corrected chi connectivity index (χ3v) is 5.94. The second kappa shape index (κ2) is 9.14. The molecule has 1 fully saturated rings. The van der Waals surface area contributed by atoms with E-state index >= 15 is 0 Å². The summed E-state index contributed by atoms with van der Waals surface area (Å²) in [4.78, 5) is 23.6. The van der Waals surface area contributed by atoms with Crippen LogP contribution in [-0.2, 0) is 24.3 Å². The Morgan fingerprint density at radius 3 is 2.58 bits per heavy atom. The smallest absolute Gasteiger partial charge is 0.307 e. The van der Waals surface area contributed by atoms with Gasteiger partial charge in [0.25, 0.3) is 5.91 Å². The van der Waals surface area contributed by atoms with E-state index in [1.54, 1.807) is 19.1 Å². The molecule has 26 heavy (non-hydrogen) atoms. The highest BCUT2D eigenvalue weighted by Gasteiger charge is 2.19. The number of sulfonamides is 1. The van der Waals surface area contributed by atoms with Gasteiger partial charge in [0, 0.05) is 12.6 Å². The molecule has 1 aromatic carbocycles. The molecule has 0 aromatic heterocycles. The molecular formula is C18H26N2O5S. The molecule has 0 unspecified atom stereocenters. The van der Waals surface area contributed by atoms with Crippen LogP contribution < -0.4 is 10.0 Å². The summed E-state index contributed by atoms with van der Waals surface area (Å²) >= 11 is 0. The molecule has 2 rings (SSSR count). The molecule has 0 atom stereocenters. The lowest BCUT2D eigenvalue weighted by atomic mass is 10.2. The van der Waals surface area contributed by atoms with Crippen LogP contribution in [0.5, 0.6) is 0 Å². The first kappa shape index (κ1) is 20.4. The minimum Gasteiger partial charge on any atom is -0.456 e. The number of hydrogen-bond acceptors (Lipinski definition) is 5. The third-order valence-electron chi connectivity index (χ3n) is 4.34. The van der Waals surface area contributed by atoms with Gasteiger partial charge < -0.3 is 10.1 Å². The van der Waals surface area contributed by atoms with Crippen molar-refractivity contribution >= 4 is 21.9 Å². The molecule has 0 saturated heterocycles. The Morgan fingerprint density at radius 2 is 1.88 bits per heavy atom. The molecule has 8 heteroatoms. The topological polar surface area (TPSA) is 102 Å². The minimum absolute atomic E-state index is 0.0845. The number of ether oxygens (including phenoxy) is 1. The van der Waals surface area contributed by atoms with Crippen molar-refractivity contribution in [3.05, 3.63) is 29.3 Å². The first-order valence-corrected chi connectivity index (χ1v) is 10.3. The van der Waals surface area contributed by atoms with Crippen molar-refractivity contribution in [2.45, 2.75) is 56.9 Å². The Balaban J connectivity index is 1.73. The van der Waals surface area contributed by atoms with E-state index in [4.69, 9.17) is 4.74 Å². The molecule has 1 aliphatic rings. The van der Waals surface area contributed by atoms with Crippen LogP contribution in [0.4, 0.5) is 0 Å². The van der Waals surface area contributed by atoms with Crippen molar-refractivity contribution in [1.29, 1.82) is 0 Å². The molecule has 144 valence electrons. The van der Waals surface area contributed by atoms with Gasteiger partial charge in [-0.15, -0.1) is 0 Å². The largest absolute Gasteiger partial charge is 0.456 e. The Kier molecular flexibility index (Phi) is 7.16. The molecule has 2 N–H and O–H groups in total. The van der Waals surface area contributed by atoms with E-state index in [1.807, 2.05) is 13.0 Å². The van der Waals surface area contributed by atoms with E-state index in [0.29, 0.717) is 5.56 Å². The van der Waals surface area contributed by atoms with Crippen LogP contribution in [0.25, 0.3) is 0 Å². The molecule has 1 aliphatic carbocycles. The maximum absolute atomic E-state index is 12.3. The molecule has 0 heterocycles. The highest BCUT2D eigenvalue weighted by atomic mass is 32.2. The zero-order valence-electron chi connectivity index (χ0n) is 15.2. The van der Waals surface area contributed by atoms with Crippen molar-refractivity contribution in [3.63, 3.8) is 0 Å². The minimum atomic E-state index is -3.69. The quantitative estimate of drug-likeness (QED) is 0.665. The molecule has 0 spiro atoms. The summed E-state index contributed by atoms with van der Waals surface area (Å²) < 4.78 is 31.9. The van der Waals surface area contributed by atoms with Gasteiger partial charge in [-0.25, -0.2) is 13.1 Å². The number of benzene rings is 1. The van der Waals surface area contributed by atoms with Crippen molar-refractivity contribution in [2.24, 2.45) is 0 Å². The molecule has 1 amide bonds. The molecular weight excluding hydrogens is 356 g/mol. The Labute approximate surface area is 154 Å². The summed E-state index contributed by atoms with van der Waals surface area (Å²) in [6.07, 6.45) is 3.98. The van der Waals surface area contributed by atoms with Crippen LogP contribution in [0.15, 0.2) is 23.1 Å². The molecule has 0 radical (unpaired) electrons. The predicted octanol–water partition coefficient (Wildman–Crippen LogP) is 1.57. The Morgan fingerprint density at radius 1 is 1.19 bits per heavy atom. The van der Waals surface area contributed by atoms with Gasteiger partial charge in [-0.1, -0.05) is 25.0 Å². The fourth-order valence-electron chi connectivity index (χ4n) is 2.92. The average Bonchev–Trinajstić information content (AvgIpc) is 3.08. The first-order valence-electron chi connectivity index (χ1n) is 8.80. The summed E-state index contributed by atoms with van der Waals surface area (Å²) in [7, 11) is -3.69. The van der Waals surface area contributed by atoms with Gasteiger partial charge >= 0.3 is 5.97 Å². The average molecular weight is 382 g/mol. The maximum atomic E-state index is 12.3. The van der Waals surface area contributed by atoms with Crippen LogP contribution in [0.3, 0.4) is 0 Å². The molecule has 7 nitrogen and oxygen atoms in total. The van der Waals surface area contributed by atoms with E-state index in [0.717, 1.165) is 31.2 Å². The highest BCUT2D eigenvalue weighted by Crippen LogP contribution is 2.17. The van der Waals surface area contributed by atoms with Gasteiger partial charge in [0.05, 0.1) is 11.3 Å². The number of esters is 1. The van der Waals surface area contributed by atoms with Crippen LogP contribution in [-0.4, -0.2) is 39.5 Å². The van der Waals surface area contributed by atoms with Crippen molar-refractivity contribution in [2.75, 3.05) is 13.2 Å². The van der Waals surface area contributed by atoms with E-state index in [2.05, 4.69) is 10.0 Å². The molecule has 0 aliphatic heterocycles. The lowest BCUT2D eigenvalue weighted by Gasteiger charge is -2.12. The summed E-state index contributed by atoms with van der Waals surface area (Å²) in [5.74, 6) is -0.934. The first-order chi connectivity index (χ1) is 12.3. The number of amides is 1. The number of carbonyl (C=O) groups is 2. The van der Waals surface area contributed by atoms with E-state index in [1.165, 1.54) is 0 Å². The van der Waals surface area contributed by atoms with Crippen LogP contribution in [0, 0.1) is 13.8 Å². The normalized spacial score (nSPS) is 15.0. The number of nitrogens with one attached hydrogen (secondary N) is 2. The van der Waals surface area contributed by atoms with Crippen molar-refractivity contribution < 1.29 is 22.7 Å². The summed E-state index contributed by atoms with van der Waals surface area (Å²) in [5, 5.41) is 2.82. The van der Waals surface area contributed by atoms with Crippen molar-refractivity contribution in [1.82, 2.24) is 10.0 Å². The van der Waals surface area contributed by atoms with Crippen LogP contribution in [0.2, 0.25) is 0 Å². The lowest BCUT2D eigenvalue weighted by Crippen LogP contribution is -2.36. The number of hydrogen-bond donors (Lipinski definition) is 2. The van der Waals surface area contributed by atoms with E-state index < -0.39 is 16.0 Å². The van der Waals surface area contributed by atoms with Gasteiger partial charge in [-0.2, -0.15) is 0 Å². The number of rotatable bonds is 8. The van der Waals surface area contributed by atoms with Crippen molar-refractivity contribution in [3.8, 4) is 0 Å². The predicted molar refractivity (Wildman–Crippen MR) is 97.1 cm³/mol. The van der Waals surface area contributed by atoms with Crippen LogP contribution >= 0.6 is 0 Å². The van der Waals surface area contributed by atoms with Gasteiger partial charge in [0.1, 0.15) is 0 Å². The number of carbonyl (C=O) groups excluding carboxylic acids is 2. The zero-order chi connectivity index (χ0) is 19.2. The van der Waals surface area contributed by atoms with E-state index in [9.17, 15) is 18.0 Å². The summed E-state index contributed by atoms with van der Waals surface area (Å²) in [5.41, 5.74) is 1.47. The SMILES string of the molecule is Cc1ccc(C)c(S(=O)(=O)NCCC(=O)OCC(=O)NC2CCCC2)c1. The second-order valence-corrected chi connectivity index (χ2v) is 8.36. The fourth-order valence-corrected chi connectivity index (χ4v) is 4.28. The third kappa shape index (κ3) is 6.10. The molecule has 1 saturated carbocycles. The maximum Gasteiger partial charge on any atom is 0.307 e. The summed E-state index contributed by atoms with van der Waals surface area (Å²) in [6.45, 7) is 3.11. The van der Waals surface area contributed by atoms with Gasteiger partial charge in [0.15, 0.2) is 6.61 Å². The van der Waals surface area contributed by atoms with Gasteiger partial charge in [-0.05, 0) is 43.9 Å². The highest BCUT2D eigenvalue weighted by molar-refractivity contribution is 7.89. The number of aryl methyl sites for hydroxylation is 2. The monoisotopic (exact) mass is 382 g/mol. The van der Waals surface area contributed by atoms with Crippen LogP contribution in [0.1, 0.15) is 43.2 Å². The zero-order valence-corrected chi connectivity index (χ0v) is 16.0. The fraction of sp³-hybridized carbons (Fsp3) is 0.556. The van der Waals surface area contributed by atoms with E-state index in [-0.39, 0.29) is 36.4 Å². The molecule has 0 bridgehead atoms. The van der Waals surface area contributed by atoms with Gasteiger partial charge in [0.2, 0.25) is 10.0 Å². The summed E-state index contributed by atoms with van der Waals surface area (Å²) in [6, 6.07) is 5.33. The second-order valence-electron chi connectivity index (χ2n) is 6.63.